The van der Waals surface area contributed by atoms with Crippen LogP contribution >= 0.6 is 0 Å². The van der Waals surface area contributed by atoms with Crippen LogP contribution in [0.1, 0.15) is 12.8 Å². The predicted octanol–water partition coefficient (Wildman–Crippen LogP) is 1.63. The van der Waals surface area contributed by atoms with Crippen LogP contribution in [0.4, 0.5) is 11.5 Å². The third-order valence-electron chi connectivity index (χ3n) is 6.40. The van der Waals surface area contributed by atoms with Gasteiger partial charge in [-0.3, -0.25) is 4.79 Å². The molecule has 1 amide bonds. The standard InChI is InChI=1S/C23H28N8O2/c1-33-20-7-3-2-6-19(20)28-9-11-29(12-10-28)23(32)18-5-4-8-30(14-18)21-13-22(26-16-25-21)31-17-24-15-27-31/h2-3,6-7,13,15-18H,4-5,8-12,14H2,1H3. The SMILES string of the molecule is COc1ccccc1N1CCN(C(=O)C2CCCN(c3cc(-n4cncn4)ncn3)C2)CC1. The number of benzene rings is 1. The summed E-state index contributed by atoms with van der Waals surface area (Å²) < 4.78 is 7.12. The maximum Gasteiger partial charge on any atom is 0.227 e. The first kappa shape index (κ1) is 21.2. The molecule has 2 aliphatic heterocycles. The monoisotopic (exact) mass is 448 g/mol. The number of nitrogens with zero attached hydrogens (tertiary/aromatic N) is 8. The molecule has 1 aromatic carbocycles. The first-order valence-electron chi connectivity index (χ1n) is 11.3. The van der Waals surface area contributed by atoms with Gasteiger partial charge in [-0.25, -0.2) is 19.6 Å². The Kier molecular flexibility index (Phi) is 6.05. The molecule has 0 spiro atoms. The van der Waals surface area contributed by atoms with Crippen LogP contribution < -0.4 is 14.5 Å². The van der Waals surface area contributed by atoms with E-state index < -0.39 is 0 Å². The molecule has 0 radical (unpaired) electrons. The van der Waals surface area contributed by atoms with Crippen molar-refractivity contribution in [2.45, 2.75) is 12.8 Å². The molecule has 5 rings (SSSR count). The van der Waals surface area contributed by atoms with Crippen LogP contribution in [0.3, 0.4) is 0 Å². The first-order valence-corrected chi connectivity index (χ1v) is 11.3. The minimum Gasteiger partial charge on any atom is -0.495 e. The van der Waals surface area contributed by atoms with E-state index >= 15 is 0 Å². The van der Waals surface area contributed by atoms with E-state index in [1.807, 2.05) is 29.2 Å². The van der Waals surface area contributed by atoms with E-state index in [2.05, 4.69) is 35.9 Å². The summed E-state index contributed by atoms with van der Waals surface area (Å²) in [5.41, 5.74) is 1.09. The maximum atomic E-state index is 13.4. The molecule has 0 aliphatic carbocycles. The second-order valence-electron chi connectivity index (χ2n) is 8.34. The third-order valence-corrected chi connectivity index (χ3v) is 6.40. The van der Waals surface area contributed by atoms with Crippen LogP contribution in [-0.2, 0) is 4.79 Å². The molecular weight excluding hydrogens is 420 g/mol. The molecule has 2 saturated heterocycles. The van der Waals surface area contributed by atoms with Crippen molar-refractivity contribution in [2.75, 3.05) is 56.2 Å². The van der Waals surface area contributed by atoms with Gasteiger partial charge in [0.25, 0.3) is 0 Å². The Labute approximate surface area is 192 Å². The number of hydrogen-bond donors (Lipinski definition) is 0. The van der Waals surface area contributed by atoms with Gasteiger partial charge in [0.1, 0.15) is 30.5 Å². The number of rotatable bonds is 5. The van der Waals surface area contributed by atoms with Crippen LogP contribution in [0.5, 0.6) is 5.75 Å². The Balaban J connectivity index is 1.22. The summed E-state index contributed by atoms with van der Waals surface area (Å²) in [5.74, 6) is 2.56. The minimum atomic E-state index is -0.0265. The Bertz CT molecular complexity index is 1080. The molecule has 2 fully saturated rings. The molecule has 10 heteroatoms. The van der Waals surface area contributed by atoms with Gasteiger partial charge >= 0.3 is 0 Å². The highest BCUT2D eigenvalue weighted by Crippen LogP contribution is 2.29. The van der Waals surface area contributed by atoms with Crippen molar-refractivity contribution in [1.82, 2.24) is 29.6 Å². The average Bonchev–Trinajstić information content (AvgIpc) is 3.44. The fourth-order valence-corrected chi connectivity index (χ4v) is 4.67. The predicted molar refractivity (Wildman–Crippen MR) is 124 cm³/mol. The molecule has 0 N–H and O–H groups in total. The number of carbonyl (C=O) groups is 1. The lowest BCUT2D eigenvalue weighted by Gasteiger charge is -2.40. The number of hydrogen-bond acceptors (Lipinski definition) is 8. The van der Waals surface area contributed by atoms with Crippen molar-refractivity contribution < 1.29 is 9.53 Å². The lowest BCUT2D eigenvalue weighted by molar-refractivity contribution is -0.136. The van der Waals surface area contributed by atoms with Crippen molar-refractivity contribution in [3.05, 3.63) is 49.3 Å². The van der Waals surface area contributed by atoms with Gasteiger partial charge in [-0.15, -0.1) is 0 Å². The van der Waals surface area contributed by atoms with Gasteiger partial charge < -0.3 is 19.4 Å². The first-order chi connectivity index (χ1) is 16.2. The zero-order valence-corrected chi connectivity index (χ0v) is 18.7. The Morgan fingerprint density at radius 1 is 1.00 bits per heavy atom. The summed E-state index contributed by atoms with van der Waals surface area (Å²) in [6.07, 6.45) is 6.49. The van der Waals surface area contributed by atoms with Gasteiger partial charge in [0.05, 0.1) is 18.7 Å². The van der Waals surface area contributed by atoms with Crippen molar-refractivity contribution in [3.8, 4) is 11.6 Å². The number of carbonyl (C=O) groups excluding carboxylic acids is 1. The second-order valence-corrected chi connectivity index (χ2v) is 8.34. The van der Waals surface area contributed by atoms with Crippen LogP contribution in [0.25, 0.3) is 5.82 Å². The quantitative estimate of drug-likeness (QED) is 0.582. The molecule has 1 atom stereocenters. The van der Waals surface area contributed by atoms with E-state index in [0.717, 1.165) is 62.8 Å². The highest BCUT2D eigenvalue weighted by molar-refractivity contribution is 5.80. The Hall–Kier alpha value is -3.69. The molecule has 10 nitrogen and oxygen atoms in total. The van der Waals surface area contributed by atoms with Crippen LogP contribution in [0, 0.1) is 5.92 Å². The molecule has 0 bridgehead atoms. The molecule has 4 heterocycles. The molecule has 33 heavy (non-hydrogen) atoms. The highest BCUT2D eigenvalue weighted by Gasteiger charge is 2.32. The second kappa shape index (κ2) is 9.43. The summed E-state index contributed by atoms with van der Waals surface area (Å²) in [4.78, 5) is 32.6. The topological polar surface area (TPSA) is 92.5 Å². The molecule has 3 aromatic rings. The number of piperidine rings is 1. The van der Waals surface area contributed by atoms with Crippen molar-refractivity contribution in [1.29, 1.82) is 0 Å². The largest absolute Gasteiger partial charge is 0.495 e. The fourth-order valence-electron chi connectivity index (χ4n) is 4.67. The van der Waals surface area contributed by atoms with E-state index in [-0.39, 0.29) is 11.8 Å². The van der Waals surface area contributed by atoms with Crippen molar-refractivity contribution in [3.63, 3.8) is 0 Å². The molecule has 0 saturated carbocycles. The molecule has 2 aromatic heterocycles. The highest BCUT2D eigenvalue weighted by atomic mass is 16.5. The third kappa shape index (κ3) is 4.46. The van der Waals surface area contributed by atoms with Crippen molar-refractivity contribution >= 4 is 17.4 Å². The van der Waals surface area contributed by atoms with Gasteiger partial charge in [-0.2, -0.15) is 5.10 Å². The van der Waals surface area contributed by atoms with Crippen LogP contribution in [0.15, 0.2) is 49.3 Å². The smallest absolute Gasteiger partial charge is 0.227 e. The number of ether oxygens (including phenoxy) is 1. The van der Waals surface area contributed by atoms with Crippen molar-refractivity contribution in [2.24, 2.45) is 5.92 Å². The van der Waals surface area contributed by atoms with Crippen LogP contribution in [0.2, 0.25) is 0 Å². The lowest BCUT2D eigenvalue weighted by atomic mass is 9.96. The van der Waals surface area contributed by atoms with E-state index in [0.29, 0.717) is 12.4 Å². The summed E-state index contributed by atoms with van der Waals surface area (Å²) >= 11 is 0. The van der Waals surface area contributed by atoms with Gasteiger partial charge in [0.15, 0.2) is 5.82 Å². The Morgan fingerprint density at radius 3 is 2.61 bits per heavy atom. The van der Waals surface area contributed by atoms with Gasteiger partial charge in [-0.1, -0.05) is 12.1 Å². The van der Waals surface area contributed by atoms with Crippen LogP contribution in [-0.4, -0.2) is 81.9 Å². The fraction of sp³-hybridized carbons (Fsp3) is 0.435. The minimum absolute atomic E-state index is 0.0265. The molecule has 172 valence electrons. The molecule has 1 unspecified atom stereocenters. The number of anilines is 2. The van der Waals surface area contributed by atoms with Gasteiger partial charge in [0.2, 0.25) is 5.91 Å². The van der Waals surface area contributed by atoms with E-state index in [4.69, 9.17) is 4.74 Å². The molecular formula is C23H28N8O2. The van der Waals surface area contributed by atoms with E-state index in [1.165, 1.54) is 12.7 Å². The normalized spacial score (nSPS) is 18.9. The van der Waals surface area contributed by atoms with E-state index in [1.54, 1.807) is 18.1 Å². The average molecular weight is 449 g/mol. The molecule has 2 aliphatic rings. The Morgan fingerprint density at radius 2 is 1.82 bits per heavy atom. The number of aromatic nitrogens is 5. The zero-order chi connectivity index (χ0) is 22.6. The van der Waals surface area contributed by atoms with Gasteiger partial charge in [-0.05, 0) is 25.0 Å². The number of para-hydroxylation sites is 2. The lowest BCUT2D eigenvalue weighted by Crippen LogP contribution is -2.52. The zero-order valence-electron chi connectivity index (χ0n) is 18.7. The maximum absolute atomic E-state index is 13.4. The number of piperazine rings is 1. The number of methoxy groups -OCH3 is 1. The summed E-state index contributed by atoms with van der Waals surface area (Å²) in [6.45, 7) is 4.58. The summed E-state index contributed by atoms with van der Waals surface area (Å²) in [7, 11) is 1.69. The summed E-state index contributed by atoms with van der Waals surface area (Å²) in [5, 5.41) is 4.14. The van der Waals surface area contributed by atoms with Gasteiger partial charge in [0, 0.05) is 45.3 Å². The van der Waals surface area contributed by atoms with E-state index in [9.17, 15) is 4.79 Å². The number of amides is 1. The summed E-state index contributed by atoms with van der Waals surface area (Å²) in [6, 6.07) is 9.94.